The van der Waals surface area contributed by atoms with Gasteiger partial charge in [-0.05, 0) is 65.5 Å². The summed E-state index contributed by atoms with van der Waals surface area (Å²) in [5.41, 5.74) is 3.93. The Morgan fingerprint density at radius 2 is 1.09 bits per heavy atom. The number of nitrogens with zero attached hydrogens (tertiary/aromatic N) is 10. The summed E-state index contributed by atoms with van der Waals surface area (Å²) in [6.07, 6.45) is 10.0. The van der Waals surface area contributed by atoms with Gasteiger partial charge in [0.25, 0.3) is 0 Å². The molecule has 2 N–H and O–H groups in total. The zero-order valence-corrected chi connectivity index (χ0v) is 40.7. The second-order valence-electron chi connectivity index (χ2n) is 16.5. The fraction of sp³-hybridized carbons (Fsp3) is 0.450. The first-order chi connectivity index (χ1) is 30.8. The number of aromatic amines is 2. The number of halogens is 1. The molecule has 3 aliphatic heterocycles. The predicted octanol–water partition coefficient (Wildman–Crippen LogP) is 6.57. The first-order valence-electron chi connectivity index (χ1n) is 21.1. The van der Waals surface area contributed by atoms with Crippen LogP contribution < -0.4 is 9.80 Å². The van der Waals surface area contributed by atoms with Crippen molar-refractivity contribution in [1.29, 1.82) is 0 Å². The van der Waals surface area contributed by atoms with Gasteiger partial charge in [-0.2, -0.15) is 8.73 Å². The SMILES string of the molecule is CB1OB(C)OB(C)O1.C[C@@H]1COCCN1c1cc(N=S(C)(C)=O)nc(-c2cc(Cl)nc3[nH]ccc23)n1.Cc1cc(-c2nc(N=S(C)(C)=O)cc(N3CCOC[C@H]3C)n2)c2cc[nH]c2n1. The lowest BCUT2D eigenvalue weighted by Gasteiger charge is -2.34. The molecule has 6 aromatic rings. The smallest absolute Gasteiger partial charge is 0.426 e. The summed E-state index contributed by atoms with van der Waals surface area (Å²) < 4.78 is 59.7. The van der Waals surface area contributed by atoms with E-state index in [1.807, 2.05) is 51.8 Å². The Bertz CT molecular complexity index is 2690. The van der Waals surface area contributed by atoms with E-state index in [0.717, 1.165) is 51.4 Å². The summed E-state index contributed by atoms with van der Waals surface area (Å²) in [6, 6.07) is 11.5. The van der Waals surface area contributed by atoms with Crippen LogP contribution in [0.3, 0.4) is 0 Å². The topological polar surface area (TPSA) is 220 Å². The van der Waals surface area contributed by atoms with Crippen LogP contribution in [-0.2, 0) is 42.6 Å². The van der Waals surface area contributed by atoms with E-state index < -0.39 is 19.5 Å². The number of anilines is 2. The molecule has 6 aromatic heterocycles. The maximum Gasteiger partial charge on any atom is 0.426 e. The number of morpholine rings is 2. The van der Waals surface area contributed by atoms with Crippen LogP contribution in [0.15, 0.2) is 57.5 Å². The van der Waals surface area contributed by atoms with Gasteiger partial charge >= 0.3 is 21.4 Å². The zero-order chi connectivity index (χ0) is 46.6. The molecule has 344 valence electrons. The number of aromatic nitrogens is 8. The quantitative estimate of drug-likeness (QED) is 0.133. The van der Waals surface area contributed by atoms with E-state index in [-0.39, 0.29) is 33.4 Å². The van der Waals surface area contributed by atoms with Crippen molar-refractivity contribution in [3.05, 3.63) is 59.6 Å². The van der Waals surface area contributed by atoms with Crippen molar-refractivity contribution in [2.24, 2.45) is 8.73 Å². The van der Waals surface area contributed by atoms with Gasteiger partial charge in [-0.1, -0.05) is 11.6 Å². The molecule has 0 bridgehead atoms. The van der Waals surface area contributed by atoms with Gasteiger partial charge in [-0.3, -0.25) is 0 Å². The van der Waals surface area contributed by atoms with Crippen LogP contribution in [-0.4, -0.2) is 146 Å². The average Bonchev–Trinajstić information content (AvgIpc) is 3.89. The van der Waals surface area contributed by atoms with Gasteiger partial charge in [0.1, 0.15) is 28.1 Å². The second kappa shape index (κ2) is 20.5. The molecule has 0 saturated carbocycles. The number of hydrogen-bond donors (Lipinski definition) is 2. The lowest BCUT2D eigenvalue weighted by Crippen LogP contribution is -2.44. The van der Waals surface area contributed by atoms with Gasteiger partial charge in [0.05, 0.1) is 38.5 Å². The highest BCUT2D eigenvalue weighted by Crippen LogP contribution is 2.33. The summed E-state index contributed by atoms with van der Waals surface area (Å²) in [6.45, 7) is 15.7. The Balaban J connectivity index is 0.000000163. The van der Waals surface area contributed by atoms with E-state index in [1.54, 1.807) is 49.4 Å². The van der Waals surface area contributed by atoms with Crippen LogP contribution in [0.2, 0.25) is 25.6 Å². The number of ether oxygens (including phenoxy) is 2. The Morgan fingerprint density at radius 1 is 0.662 bits per heavy atom. The number of aryl methyl sites for hydroxylation is 1. The van der Waals surface area contributed by atoms with E-state index in [4.69, 9.17) is 44.8 Å². The summed E-state index contributed by atoms with van der Waals surface area (Å²) in [5, 5.41) is 2.14. The molecule has 25 heteroatoms. The predicted molar refractivity (Wildman–Crippen MR) is 262 cm³/mol. The van der Waals surface area contributed by atoms with Crippen LogP contribution in [0, 0.1) is 6.92 Å². The van der Waals surface area contributed by atoms with Crippen LogP contribution in [0.25, 0.3) is 44.8 Å². The molecule has 0 amide bonds. The highest BCUT2D eigenvalue weighted by atomic mass is 35.5. The number of H-pyrrole nitrogens is 2. The molecule has 0 unspecified atom stereocenters. The minimum Gasteiger partial charge on any atom is -0.453 e. The monoisotopic (exact) mass is 946 g/mol. The number of nitrogens with one attached hydrogen (secondary N) is 2. The lowest BCUT2D eigenvalue weighted by atomic mass is 9.74. The van der Waals surface area contributed by atoms with Crippen LogP contribution in [0.4, 0.5) is 23.3 Å². The molecule has 9 heterocycles. The first-order valence-corrected chi connectivity index (χ1v) is 26.2. The van der Waals surface area contributed by atoms with Crippen LogP contribution >= 0.6 is 11.6 Å². The molecule has 3 fully saturated rings. The van der Waals surface area contributed by atoms with Gasteiger partial charge in [0.2, 0.25) is 0 Å². The summed E-state index contributed by atoms with van der Waals surface area (Å²) >= 11 is 6.21. The lowest BCUT2D eigenvalue weighted by molar-refractivity contribution is 0.0985. The highest BCUT2D eigenvalue weighted by molar-refractivity contribution is 7.92. The highest BCUT2D eigenvalue weighted by Gasteiger charge is 2.31. The largest absolute Gasteiger partial charge is 0.453 e. The third-order valence-electron chi connectivity index (χ3n) is 10.1. The molecule has 9 rings (SSSR count). The molecular formula is C40H54B3ClN12O7S2. The maximum absolute atomic E-state index is 12.3. The van der Waals surface area contributed by atoms with Gasteiger partial charge in [0, 0.05) is 110 Å². The minimum atomic E-state index is -2.38. The van der Waals surface area contributed by atoms with Crippen LogP contribution in [0.1, 0.15) is 19.5 Å². The Kier molecular flexibility index (Phi) is 15.2. The molecule has 65 heavy (non-hydrogen) atoms. The Hall–Kier alpha value is -4.68. The van der Waals surface area contributed by atoms with Gasteiger partial charge in [-0.25, -0.2) is 38.3 Å². The molecule has 19 nitrogen and oxygen atoms in total. The summed E-state index contributed by atoms with van der Waals surface area (Å²) in [5.74, 6) is 3.31. The van der Waals surface area contributed by atoms with Crippen molar-refractivity contribution >= 4 is 97.8 Å². The van der Waals surface area contributed by atoms with Gasteiger partial charge in [-0.15, -0.1) is 0 Å². The number of pyridine rings is 2. The van der Waals surface area contributed by atoms with Gasteiger partial charge < -0.3 is 43.0 Å². The minimum absolute atomic E-state index is 0.135. The van der Waals surface area contributed by atoms with Gasteiger partial charge in [0.15, 0.2) is 23.3 Å². The van der Waals surface area contributed by atoms with Crippen molar-refractivity contribution in [1.82, 2.24) is 39.9 Å². The average molecular weight is 947 g/mol. The second-order valence-corrected chi connectivity index (χ2v) is 22.0. The van der Waals surface area contributed by atoms with E-state index in [1.165, 1.54) is 0 Å². The van der Waals surface area contributed by atoms with E-state index in [9.17, 15) is 8.42 Å². The molecule has 0 aromatic carbocycles. The van der Waals surface area contributed by atoms with Crippen molar-refractivity contribution in [3.8, 4) is 22.8 Å². The molecule has 0 spiro atoms. The number of rotatable bonds is 6. The maximum atomic E-state index is 12.3. The first kappa shape index (κ1) is 48.3. The van der Waals surface area contributed by atoms with E-state index in [0.29, 0.717) is 67.1 Å². The molecule has 3 aliphatic rings. The molecule has 0 aliphatic carbocycles. The third kappa shape index (κ3) is 12.8. The molecule has 2 atom stereocenters. The summed E-state index contributed by atoms with van der Waals surface area (Å²) in [4.78, 5) is 38.2. The molecule has 3 saturated heterocycles. The standard InChI is InChI=1S/C19H24N6O2S.C18H21ClN6O2S.C3H9B3O3/c1-12-9-15(14-5-6-20-18(14)21-12)19-22-16(24-28(3,4)26)10-17(23-19)25-7-8-27-11-13(25)2;1-11-10-27-7-6-25(11)16-9-15(24-28(2,3)26)22-18(23-16)13-8-14(19)21-17-12(13)4-5-20-17;1-4-7-5(2)9-6(3)8-4/h5-6,9-10,13H,7-8,11H2,1-4H3,(H,20,21);4-5,8-9,11H,6-7,10H2,1-3H3,(H,20,21);1-3H3/t13-;11-;/m11./s1. The van der Waals surface area contributed by atoms with E-state index in [2.05, 4.69) is 62.3 Å². The Labute approximate surface area is 386 Å². The third-order valence-corrected chi connectivity index (χ3v) is 11.6. The molecule has 0 radical (unpaired) electrons. The molecular weight excluding hydrogens is 893 g/mol. The normalized spacial score (nSPS) is 18.3. The van der Waals surface area contributed by atoms with Crippen molar-refractivity contribution in [2.75, 3.05) is 74.3 Å². The number of hydrogen-bond acceptors (Lipinski definition) is 17. The van der Waals surface area contributed by atoms with Crippen LogP contribution in [0.5, 0.6) is 0 Å². The Morgan fingerprint density at radius 3 is 1.52 bits per heavy atom. The fourth-order valence-electron chi connectivity index (χ4n) is 7.51. The summed E-state index contributed by atoms with van der Waals surface area (Å²) in [7, 11) is -5.14. The van der Waals surface area contributed by atoms with Crippen molar-refractivity contribution in [2.45, 2.75) is 53.3 Å². The van der Waals surface area contributed by atoms with Crippen molar-refractivity contribution < 1.29 is 31.6 Å². The van der Waals surface area contributed by atoms with E-state index >= 15 is 0 Å². The number of fused-ring (bicyclic) bond motifs is 2. The fourth-order valence-corrected chi connectivity index (χ4v) is 8.79. The van der Waals surface area contributed by atoms with Crippen molar-refractivity contribution in [3.63, 3.8) is 0 Å². The zero-order valence-electron chi connectivity index (χ0n) is 38.3.